The summed E-state index contributed by atoms with van der Waals surface area (Å²) in [6.07, 6.45) is 6.76. The highest BCUT2D eigenvalue weighted by Gasteiger charge is 2.22. The van der Waals surface area contributed by atoms with Crippen LogP contribution >= 0.6 is 24.0 Å². The lowest BCUT2D eigenvalue weighted by molar-refractivity contribution is -0.115. The number of fused-ring (bicyclic) bond motifs is 1. The number of nitrogens with one attached hydrogen (secondary N) is 1. The molecule has 0 saturated carbocycles. The van der Waals surface area contributed by atoms with E-state index < -0.39 is 0 Å². The van der Waals surface area contributed by atoms with Gasteiger partial charge in [-0.05, 0) is 29.8 Å². The van der Waals surface area contributed by atoms with Crippen molar-refractivity contribution in [3.05, 3.63) is 65.0 Å². The van der Waals surface area contributed by atoms with Gasteiger partial charge in [-0.3, -0.25) is 14.8 Å². The van der Waals surface area contributed by atoms with E-state index in [1.807, 2.05) is 30.3 Å². The number of nitriles is 1. The van der Waals surface area contributed by atoms with Gasteiger partial charge in [0.15, 0.2) is 0 Å². The van der Waals surface area contributed by atoms with Gasteiger partial charge in [-0.1, -0.05) is 36.1 Å². The molecule has 5 nitrogen and oxygen atoms in total. The first kappa shape index (κ1) is 16.4. The number of pyridine rings is 2. The Morgan fingerprint density at radius 3 is 2.85 bits per heavy atom. The second-order valence-corrected chi connectivity index (χ2v) is 7.25. The maximum atomic E-state index is 11.9. The molecule has 1 aromatic carbocycles. The number of benzene rings is 1. The van der Waals surface area contributed by atoms with E-state index in [0.717, 1.165) is 27.6 Å². The second kappa shape index (κ2) is 6.67. The molecule has 1 aliphatic heterocycles. The third-order valence-corrected chi connectivity index (χ3v) is 5.07. The van der Waals surface area contributed by atoms with Crippen LogP contribution in [0.5, 0.6) is 0 Å². The van der Waals surface area contributed by atoms with Crippen LogP contribution in [0.25, 0.3) is 28.1 Å². The molecule has 1 N–H and O–H groups in total. The van der Waals surface area contributed by atoms with Crippen LogP contribution in [0, 0.1) is 11.3 Å². The fourth-order valence-corrected chi connectivity index (χ4v) is 3.82. The van der Waals surface area contributed by atoms with E-state index in [2.05, 4.69) is 21.4 Å². The van der Waals surface area contributed by atoms with Crippen LogP contribution in [-0.4, -0.2) is 20.2 Å². The number of amides is 1. The third kappa shape index (κ3) is 2.96. The molecule has 26 heavy (non-hydrogen) atoms. The molecular formula is C19H10N4OS2. The molecular weight excluding hydrogens is 364 g/mol. The Hall–Kier alpha value is -3.08. The average Bonchev–Trinajstić information content (AvgIpc) is 2.98. The van der Waals surface area contributed by atoms with Gasteiger partial charge in [-0.25, -0.2) is 0 Å². The van der Waals surface area contributed by atoms with Crippen LogP contribution in [0.15, 0.2) is 53.8 Å². The summed E-state index contributed by atoms with van der Waals surface area (Å²) in [7, 11) is 0. The molecule has 2 aromatic heterocycles. The molecule has 124 valence electrons. The van der Waals surface area contributed by atoms with Gasteiger partial charge in [0.25, 0.3) is 5.91 Å². The predicted octanol–water partition coefficient (Wildman–Crippen LogP) is 3.66. The Labute approximate surface area is 158 Å². The van der Waals surface area contributed by atoms with Crippen molar-refractivity contribution in [3.8, 4) is 17.2 Å². The van der Waals surface area contributed by atoms with Crippen LogP contribution in [0.2, 0.25) is 0 Å². The van der Waals surface area contributed by atoms with E-state index >= 15 is 0 Å². The Morgan fingerprint density at radius 2 is 2.15 bits per heavy atom. The van der Waals surface area contributed by atoms with Gasteiger partial charge < -0.3 is 5.32 Å². The highest BCUT2D eigenvalue weighted by Crippen LogP contribution is 2.32. The van der Waals surface area contributed by atoms with Gasteiger partial charge in [0, 0.05) is 35.1 Å². The zero-order valence-corrected chi connectivity index (χ0v) is 14.9. The summed E-state index contributed by atoms with van der Waals surface area (Å²) >= 11 is 6.26. The van der Waals surface area contributed by atoms with Gasteiger partial charge in [0.1, 0.15) is 10.4 Å². The summed E-state index contributed by atoms with van der Waals surface area (Å²) < 4.78 is 0.450. The molecule has 0 unspecified atom stereocenters. The fourth-order valence-electron chi connectivity index (χ4n) is 2.78. The molecule has 0 bridgehead atoms. The first-order valence-corrected chi connectivity index (χ1v) is 8.86. The predicted molar refractivity (Wildman–Crippen MR) is 106 cm³/mol. The number of carbonyl (C=O) groups excluding carboxylic acids is 1. The highest BCUT2D eigenvalue weighted by molar-refractivity contribution is 8.26. The first-order chi connectivity index (χ1) is 12.7. The van der Waals surface area contributed by atoms with Gasteiger partial charge >= 0.3 is 0 Å². The minimum atomic E-state index is -0.198. The number of aromatic nitrogens is 2. The number of thioether (sulfide) groups is 1. The minimum Gasteiger partial charge on any atom is -0.307 e. The van der Waals surface area contributed by atoms with Gasteiger partial charge in [-0.15, -0.1) is 0 Å². The van der Waals surface area contributed by atoms with Crippen molar-refractivity contribution in [1.29, 1.82) is 5.26 Å². The summed E-state index contributed by atoms with van der Waals surface area (Å²) in [5, 5.41) is 12.9. The molecule has 0 spiro atoms. The van der Waals surface area contributed by atoms with Crippen LogP contribution in [0.3, 0.4) is 0 Å². The smallest absolute Gasteiger partial charge is 0.263 e. The number of rotatable bonds is 2. The maximum Gasteiger partial charge on any atom is 0.263 e. The van der Waals surface area contributed by atoms with E-state index in [-0.39, 0.29) is 5.91 Å². The monoisotopic (exact) mass is 374 g/mol. The molecule has 1 fully saturated rings. The lowest BCUT2D eigenvalue weighted by Gasteiger charge is -2.09. The topological polar surface area (TPSA) is 78.7 Å². The van der Waals surface area contributed by atoms with Crippen molar-refractivity contribution in [1.82, 2.24) is 15.3 Å². The first-order valence-electron chi connectivity index (χ1n) is 7.64. The Balaban J connectivity index is 1.93. The van der Waals surface area contributed by atoms with Crippen molar-refractivity contribution in [2.24, 2.45) is 0 Å². The largest absolute Gasteiger partial charge is 0.307 e. The molecule has 1 aliphatic rings. The summed E-state index contributed by atoms with van der Waals surface area (Å²) in [6, 6.07) is 11.6. The van der Waals surface area contributed by atoms with E-state index in [1.54, 1.807) is 24.7 Å². The molecule has 4 rings (SSSR count). The maximum absolute atomic E-state index is 11.9. The Morgan fingerprint density at radius 1 is 1.27 bits per heavy atom. The number of hydrogen-bond donors (Lipinski definition) is 1. The van der Waals surface area contributed by atoms with Crippen LogP contribution < -0.4 is 5.32 Å². The van der Waals surface area contributed by atoms with Gasteiger partial charge in [0.05, 0.1) is 16.0 Å². The zero-order chi connectivity index (χ0) is 18.1. The van der Waals surface area contributed by atoms with Crippen molar-refractivity contribution >= 4 is 51.2 Å². The van der Waals surface area contributed by atoms with Crippen LogP contribution in [-0.2, 0) is 4.79 Å². The summed E-state index contributed by atoms with van der Waals surface area (Å²) in [4.78, 5) is 21.0. The SMILES string of the molecule is N#Cc1cnc2ccc(/C=C3/SC(=S)NC3=O)cc2c1-c1cccnc1. The Kier molecular flexibility index (Phi) is 4.21. The standard InChI is InChI=1S/C19H10N4OS2/c20-8-13-10-22-15-4-3-11(7-16-18(24)23-19(25)26-16)6-14(15)17(13)12-2-1-5-21-9-12/h1-7,9-10H,(H,23,24,25)/b16-7+. The lowest BCUT2D eigenvalue weighted by atomic mass is 9.97. The van der Waals surface area contributed by atoms with E-state index in [0.29, 0.717) is 14.8 Å². The minimum absolute atomic E-state index is 0.198. The van der Waals surface area contributed by atoms with Gasteiger partial charge in [-0.2, -0.15) is 5.26 Å². The number of nitrogens with zero attached hydrogens (tertiary/aromatic N) is 3. The van der Waals surface area contributed by atoms with Crippen molar-refractivity contribution in [3.63, 3.8) is 0 Å². The Bertz CT molecular complexity index is 1130. The molecule has 0 atom stereocenters. The molecule has 0 aliphatic carbocycles. The van der Waals surface area contributed by atoms with E-state index in [9.17, 15) is 10.1 Å². The second-order valence-electron chi connectivity index (χ2n) is 5.53. The van der Waals surface area contributed by atoms with Gasteiger partial charge in [0.2, 0.25) is 0 Å². The zero-order valence-electron chi connectivity index (χ0n) is 13.3. The molecule has 3 aromatic rings. The molecule has 7 heteroatoms. The molecule has 3 heterocycles. The van der Waals surface area contributed by atoms with Crippen LogP contribution in [0.1, 0.15) is 11.1 Å². The van der Waals surface area contributed by atoms with E-state index in [4.69, 9.17) is 12.2 Å². The van der Waals surface area contributed by atoms with Crippen molar-refractivity contribution in [2.45, 2.75) is 0 Å². The fraction of sp³-hybridized carbons (Fsp3) is 0. The summed E-state index contributed by atoms with van der Waals surface area (Å²) in [6.45, 7) is 0. The number of carbonyl (C=O) groups is 1. The highest BCUT2D eigenvalue weighted by atomic mass is 32.2. The molecule has 0 radical (unpaired) electrons. The number of thiocarbonyl (C=S) groups is 1. The summed E-state index contributed by atoms with van der Waals surface area (Å²) in [5.74, 6) is -0.198. The molecule has 1 saturated heterocycles. The molecule has 1 amide bonds. The third-order valence-electron chi connectivity index (χ3n) is 3.90. The summed E-state index contributed by atoms with van der Waals surface area (Å²) in [5.41, 5.74) is 3.70. The van der Waals surface area contributed by atoms with E-state index in [1.165, 1.54) is 11.8 Å². The quantitative estimate of drug-likeness (QED) is 0.545. The van der Waals surface area contributed by atoms with Crippen molar-refractivity contribution in [2.75, 3.05) is 0 Å². The van der Waals surface area contributed by atoms with Crippen molar-refractivity contribution < 1.29 is 4.79 Å². The lowest BCUT2D eigenvalue weighted by Crippen LogP contribution is -2.17. The number of hydrogen-bond acceptors (Lipinski definition) is 6. The van der Waals surface area contributed by atoms with Crippen LogP contribution in [0.4, 0.5) is 0 Å². The normalized spacial score (nSPS) is 15.3. The average molecular weight is 374 g/mol.